The van der Waals surface area contributed by atoms with Crippen LogP contribution in [-0.2, 0) is 12.8 Å². The van der Waals surface area contributed by atoms with Crippen molar-refractivity contribution in [2.45, 2.75) is 26.7 Å². The largest absolute Gasteiger partial charge is 0.335 e. The molecule has 0 saturated carbocycles. The molecule has 2 heterocycles. The number of nitrogens with one attached hydrogen (secondary N) is 1. The van der Waals surface area contributed by atoms with Gasteiger partial charge in [-0.25, -0.2) is 0 Å². The van der Waals surface area contributed by atoms with Gasteiger partial charge < -0.3 is 9.51 Å². The monoisotopic (exact) mass is 193 g/mol. The van der Waals surface area contributed by atoms with E-state index in [0.717, 1.165) is 0 Å². The lowest BCUT2D eigenvalue weighted by Gasteiger charge is -1.93. The summed E-state index contributed by atoms with van der Waals surface area (Å²) < 4.78 is 4.98. The smallest absolute Gasteiger partial charge is 0.265 e. The molecule has 14 heavy (non-hydrogen) atoms. The molecule has 1 N–H and O–H groups in total. The molecule has 0 spiro atoms. The van der Waals surface area contributed by atoms with Gasteiger partial charge in [0, 0.05) is 6.42 Å². The van der Waals surface area contributed by atoms with Crippen LogP contribution in [0.5, 0.6) is 0 Å². The van der Waals surface area contributed by atoms with Crippen molar-refractivity contribution < 1.29 is 4.52 Å². The molecule has 0 aromatic carbocycles. The lowest BCUT2D eigenvalue weighted by atomic mass is 10.2. The van der Waals surface area contributed by atoms with E-state index in [0.29, 0.717) is 35.5 Å². The Morgan fingerprint density at radius 3 is 2.79 bits per heavy atom. The number of aromatic amines is 1. The van der Waals surface area contributed by atoms with E-state index in [1.165, 1.54) is 0 Å². The highest BCUT2D eigenvalue weighted by Crippen LogP contribution is 2.11. The number of aromatic nitrogens is 3. The van der Waals surface area contributed by atoms with E-state index in [1.807, 2.05) is 13.8 Å². The Balaban J connectivity index is 2.79. The van der Waals surface area contributed by atoms with Crippen molar-refractivity contribution >= 4 is 11.1 Å². The van der Waals surface area contributed by atoms with E-state index in [1.54, 1.807) is 0 Å². The van der Waals surface area contributed by atoms with Crippen molar-refractivity contribution in [2.24, 2.45) is 0 Å². The summed E-state index contributed by atoms with van der Waals surface area (Å²) in [6.45, 7) is 3.84. The minimum atomic E-state index is -0.162. The Morgan fingerprint density at radius 2 is 2.14 bits per heavy atom. The summed E-state index contributed by atoms with van der Waals surface area (Å²) in [5.74, 6) is 0.626. The predicted molar refractivity (Wildman–Crippen MR) is 51.2 cm³/mol. The zero-order valence-electron chi connectivity index (χ0n) is 8.13. The maximum absolute atomic E-state index is 11.6. The van der Waals surface area contributed by atoms with Crippen molar-refractivity contribution in [2.75, 3.05) is 0 Å². The van der Waals surface area contributed by atoms with Gasteiger partial charge in [0.05, 0.1) is 5.69 Å². The minimum absolute atomic E-state index is 0.162. The van der Waals surface area contributed by atoms with E-state index in [9.17, 15) is 4.79 Å². The fourth-order valence-corrected chi connectivity index (χ4v) is 1.37. The molecule has 0 bridgehead atoms. The molecular weight excluding hydrogens is 182 g/mol. The number of fused-ring (bicyclic) bond motifs is 1. The average molecular weight is 193 g/mol. The third kappa shape index (κ3) is 1.21. The Labute approximate surface area is 80.1 Å². The molecule has 0 atom stereocenters. The lowest BCUT2D eigenvalue weighted by Crippen LogP contribution is -2.11. The molecule has 2 aromatic heterocycles. The number of H-pyrrole nitrogens is 1. The minimum Gasteiger partial charge on any atom is -0.335 e. The summed E-state index contributed by atoms with van der Waals surface area (Å²) >= 11 is 0. The summed E-state index contributed by atoms with van der Waals surface area (Å²) in [7, 11) is 0. The SMILES string of the molecule is CCc1nc2onc(CC)c2c(=O)[nH]1. The molecule has 0 aliphatic carbocycles. The molecule has 2 aromatic rings. The van der Waals surface area contributed by atoms with Crippen molar-refractivity contribution in [3.05, 3.63) is 21.9 Å². The van der Waals surface area contributed by atoms with Crippen LogP contribution in [0, 0.1) is 0 Å². The molecule has 0 amide bonds. The number of nitrogens with zero attached hydrogens (tertiary/aromatic N) is 2. The van der Waals surface area contributed by atoms with Crippen LogP contribution in [0.15, 0.2) is 9.32 Å². The van der Waals surface area contributed by atoms with Crippen LogP contribution in [-0.4, -0.2) is 15.1 Å². The number of rotatable bonds is 2. The molecule has 0 unspecified atom stereocenters. The molecule has 0 aliphatic rings. The molecule has 5 heteroatoms. The molecular formula is C9H11N3O2. The highest BCUT2D eigenvalue weighted by molar-refractivity contribution is 5.74. The van der Waals surface area contributed by atoms with Gasteiger partial charge >= 0.3 is 0 Å². The first-order valence-electron chi connectivity index (χ1n) is 4.63. The van der Waals surface area contributed by atoms with Crippen LogP contribution in [0.4, 0.5) is 0 Å². The highest BCUT2D eigenvalue weighted by atomic mass is 16.5. The van der Waals surface area contributed by atoms with Gasteiger partial charge in [0.15, 0.2) is 0 Å². The Kier molecular flexibility index (Phi) is 2.07. The van der Waals surface area contributed by atoms with E-state index in [4.69, 9.17) is 4.52 Å². The first-order valence-corrected chi connectivity index (χ1v) is 4.63. The quantitative estimate of drug-likeness (QED) is 0.773. The molecule has 0 aliphatic heterocycles. The highest BCUT2D eigenvalue weighted by Gasteiger charge is 2.12. The molecule has 0 fully saturated rings. The molecule has 0 radical (unpaired) electrons. The summed E-state index contributed by atoms with van der Waals surface area (Å²) in [4.78, 5) is 18.4. The van der Waals surface area contributed by atoms with Crippen molar-refractivity contribution in [1.82, 2.24) is 15.1 Å². The van der Waals surface area contributed by atoms with E-state index in [2.05, 4.69) is 15.1 Å². The van der Waals surface area contributed by atoms with Gasteiger partial charge in [0.1, 0.15) is 11.2 Å². The first kappa shape index (κ1) is 8.93. The van der Waals surface area contributed by atoms with E-state index < -0.39 is 0 Å². The van der Waals surface area contributed by atoms with Crippen molar-refractivity contribution in [1.29, 1.82) is 0 Å². The molecule has 74 valence electrons. The summed E-state index contributed by atoms with van der Waals surface area (Å²) in [6, 6.07) is 0. The molecule has 2 rings (SSSR count). The zero-order chi connectivity index (χ0) is 10.1. The van der Waals surface area contributed by atoms with Crippen LogP contribution >= 0.6 is 0 Å². The van der Waals surface area contributed by atoms with Gasteiger partial charge in [0.25, 0.3) is 11.3 Å². The van der Waals surface area contributed by atoms with Crippen LogP contribution in [0.3, 0.4) is 0 Å². The fraction of sp³-hybridized carbons (Fsp3) is 0.444. The van der Waals surface area contributed by atoms with Crippen LogP contribution in [0.25, 0.3) is 11.1 Å². The van der Waals surface area contributed by atoms with Gasteiger partial charge in [-0.1, -0.05) is 19.0 Å². The standard InChI is InChI=1S/C9H11N3O2/c1-3-5-7-8(13)10-6(4-2)11-9(7)14-12-5/h3-4H2,1-2H3,(H,10,11,13). The van der Waals surface area contributed by atoms with Gasteiger partial charge in [-0.3, -0.25) is 4.79 Å². The Morgan fingerprint density at radius 1 is 1.36 bits per heavy atom. The normalized spacial score (nSPS) is 11.0. The third-order valence-corrected chi connectivity index (χ3v) is 2.14. The number of hydrogen-bond acceptors (Lipinski definition) is 4. The second-order valence-electron chi connectivity index (χ2n) is 3.03. The second-order valence-corrected chi connectivity index (χ2v) is 3.03. The van der Waals surface area contributed by atoms with Gasteiger partial charge in [0.2, 0.25) is 0 Å². The fourth-order valence-electron chi connectivity index (χ4n) is 1.37. The van der Waals surface area contributed by atoms with Gasteiger partial charge in [-0.15, -0.1) is 0 Å². The van der Waals surface area contributed by atoms with Crippen LogP contribution < -0.4 is 5.56 Å². The van der Waals surface area contributed by atoms with Crippen molar-refractivity contribution in [3.63, 3.8) is 0 Å². The summed E-state index contributed by atoms with van der Waals surface area (Å²) in [6.07, 6.45) is 1.34. The van der Waals surface area contributed by atoms with E-state index in [-0.39, 0.29) is 5.56 Å². The average Bonchev–Trinajstić information content (AvgIpc) is 2.61. The Bertz CT molecular complexity index is 512. The van der Waals surface area contributed by atoms with Crippen molar-refractivity contribution in [3.8, 4) is 0 Å². The zero-order valence-corrected chi connectivity index (χ0v) is 8.13. The predicted octanol–water partition coefficient (Wildman–Crippen LogP) is 1.04. The molecule has 0 saturated heterocycles. The lowest BCUT2D eigenvalue weighted by molar-refractivity contribution is 0.438. The number of hydrogen-bond donors (Lipinski definition) is 1. The Hall–Kier alpha value is -1.65. The summed E-state index contributed by atoms with van der Waals surface area (Å²) in [5, 5.41) is 4.27. The van der Waals surface area contributed by atoms with E-state index >= 15 is 0 Å². The summed E-state index contributed by atoms with van der Waals surface area (Å²) in [5.41, 5.74) is 0.837. The maximum Gasteiger partial charge on any atom is 0.265 e. The first-order chi connectivity index (χ1) is 6.76. The maximum atomic E-state index is 11.6. The van der Waals surface area contributed by atoms with Crippen LogP contribution in [0.1, 0.15) is 25.4 Å². The van der Waals surface area contributed by atoms with Gasteiger partial charge in [-0.05, 0) is 6.42 Å². The topological polar surface area (TPSA) is 71.8 Å². The third-order valence-electron chi connectivity index (χ3n) is 2.14. The second kappa shape index (κ2) is 3.25. The number of aryl methyl sites for hydroxylation is 2. The van der Waals surface area contributed by atoms with Crippen LogP contribution in [0.2, 0.25) is 0 Å². The molecule has 5 nitrogen and oxygen atoms in total. The van der Waals surface area contributed by atoms with Gasteiger partial charge in [-0.2, -0.15) is 4.98 Å².